The van der Waals surface area contributed by atoms with Gasteiger partial charge in [-0.3, -0.25) is 4.79 Å². The average molecular weight is 269 g/mol. The number of benzene rings is 1. The van der Waals surface area contributed by atoms with Crippen LogP contribution in [0.4, 0.5) is 8.78 Å². The van der Waals surface area contributed by atoms with Crippen LogP contribution in [-0.2, 0) is 16.1 Å². The van der Waals surface area contributed by atoms with E-state index in [9.17, 15) is 13.6 Å². The van der Waals surface area contributed by atoms with Gasteiger partial charge in [-0.2, -0.15) is 4.39 Å². The lowest BCUT2D eigenvalue weighted by atomic mass is 10.2. The van der Waals surface area contributed by atoms with E-state index in [-0.39, 0.29) is 18.9 Å². The molecule has 0 aliphatic carbocycles. The van der Waals surface area contributed by atoms with E-state index in [0.717, 1.165) is 5.56 Å². The topological polar surface area (TPSA) is 38.7 Å². The minimum absolute atomic E-state index is 0.0657. The molecule has 0 fully saturated rings. The van der Waals surface area contributed by atoms with Gasteiger partial charge in [-0.15, -0.1) is 6.58 Å². The molecule has 0 amide bonds. The summed E-state index contributed by atoms with van der Waals surface area (Å²) < 4.78 is 26.3. The van der Waals surface area contributed by atoms with Crippen LogP contribution < -0.4 is 0 Å². The molecule has 0 heterocycles. The molecule has 0 aromatic heterocycles. The summed E-state index contributed by atoms with van der Waals surface area (Å²) in [5, 5.41) is 0. The first-order valence-electron chi connectivity index (χ1n) is 5.63. The average Bonchev–Trinajstić information content (AvgIpc) is 2.42. The van der Waals surface area contributed by atoms with Gasteiger partial charge in [-0.1, -0.05) is 36.4 Å². The first kappa shape index (κ1) is 17.1. The molecule has 0 aliphatic heterocycles. The highest BCUT2D eigenvalue weighted by Gasteiger charge is 1.98. The molecule has 0 saturated heterocycles. The van der Waals surface area contributed by atoms with Crippen molar-refractivity contribution in [1.29, 1.82) is 0 Å². The van der Waals surface area contributed by atoms with Gasteiger partial charge in [0.15, 0.2) is 19.1 Å². The van der Waals surface area contributed by atoms with E-state index in [2.05, 4.69) is 11.6 Å². The maximum absolute atomic E-state index is 11.0. The first-order chi connectivity index (χ1) is 9.24. The molecule has 0 unspecified atom stereocenters. The molecular formula is C14H17F2NO2. The maximum Gasteiger partial charge on any atom is 0.182 e. The van der Waals surface area contributed by atoms with Crippen molar-refractivity contribution in [1.82, 2.24) is 0 Å². The Hall–Kier alpha value is -1.88. The molecule has 3 nitrogen and oxygen atoms in total. The Kier molecular flexibility index (Phi) is 11.3. The highest BCUT2D eigenvalue weighted by molar-refractivity contribution is 5.80. The second-order valence-electron chi connectivity index (χ2n) is 3.41. The number of aliphatic imine (C=N–C) groups is 1. The van der Waals surface area contributed by atoms with Crippen molar-refractivity contribution in [2.75, 3.05) is 13.4 Å². The molecule has 0 saturated carbocycles. The third kappa shape index (κ3) is 11.0. The van der Waals surface area contributed by atoms with E-state index in [1.54, 1.807) is 6.08 Å². The van der Waals surface area contributed by atoms with E-state index >= 15 is 0 Å². The van der Waals surface area contributed by atoms with Gasteiger partial charge in [0.2, 0.25) is 0 Å². The number of Topliss-reactive ketones (excluding diaryl/α,β-unsaturated/α-hetero) is 1. The van der Waals surface area contributed by atoms with Crippen molar-refractivity contribution in [3.63, 3.8) is 0 Å². The fourth-order valence-electron chi connectivity index (χ4n) is 1.10. The second-order valence-corrected chi connectivity index (χ2v) is 3.41. The zero-order valence-corrected chi connectivity index (χ0v) is 10.6. The van der Waals surface area contributed by atoms with Crippen LogP contribution in [0.3, 0.4) is 0 Å². The van der Waals surface area contributed by atoms with E-state index in [4.69, 9.17) is 4.74 Å². The molecule has 0 spiro atoms. The van der Waals surface area contributed by atoms with E-state index in [1.807, 2.05) is 30.3 Å². The van der Waals surface area contributed by atoms with Crippen LogP contribution in [0, 0.1) is 0 Å². The van der Waals surface area contributed by atoms with Crippen LogP contribution in [0.1, 0.15) is 12.0 Å². The summed E-state index contributed by atoms with van der Waals surface area (Å²) in [5.41, 5.74) is 1.08. The summed E-state index contributed by atoms with van der Waals surface area (Å²) in [6.07, 6.45) is 1.98. The van der Waals surface area contributed by atoms with Crippen molar-refractivity contribution >= 4 is 12.3 Å². The SMILES string of the molecule is C=CCC(=O)COCc1ccccc1.F/C=N/CF. The van der Waals surface area contributed by atoms with Gasteiger partial charge in [-0.25, -0.2) is 9.38 Å². The van der Waals surface area contributed by atoms with Crippen LogP contribution in [0.25, 0.3) is 0 Å². The number of ether oxygens (including phenoxy) is 1. The van der Waals surface area contributed by atoms with Crippen molar-refractivity contribution < 1.29 is 18.3 Å². The van der Waals surface area contributed by atoms with E-state index in [0.29, 0.717) is 13.0 Å². The summed E-state index contributed by atoms with van der Waals surface area (Å²) in [6, 6.07) is 9.79. The van der Waals surface area contributed by atoms with Gasteiger partial charge in [0.1, 0.15) is 6.61 Å². The van der Waals surface area contributed by atoms with Crippen molar-refractivity contribution in [3.8, 4) is 0 Å². The van der Waals surface area contributed by atoms with Gasteiger partial charge < -0.3 is 4.74 Å². The van der Waals surface area contributed by atoms with Crippen molar-refractivity contribution in [3.05, 3.63) is 48.6 Å². The van der Waals surface area contributed by atoms with E-state index in [1.165, 1.54) is 0 Å². The van der Waals surface area contributed by atoms with Crippen LogP contribution in [0.2, 0.25) is 0 Å². The second kappa shape index (κ2) is 12.6. The molecule has 0 N–H and O–H groups in total. The Bertz CT molecular complexity index is 380. The van der Waals surface area contributed by atoms with Crippen LogP contribution in [0.15, 0.2) is 48.0 Å². The summed E-state index contributed by atoms with van der Waals surface area (Å²) in [5.74, 6) is 0.0657. The minimum Gasteiger partial charge on any atom is -0.369 e. The normalized spacial score (nSPS) is 9.79. The predicted molar refractivity (Wildman–Crippen MR) is 71.5 cm³/mol. The Morgan fingerprint density at radius 2 is 2.05 bits per heavy atom. The number of halogens is 2. The number of carbonyl (C=O) groups is 1. The fraction of sp³-hybridized carbons (Fsp3) is 0.286. The monoisotopic (exact) mass is 269 g/mol. The molecule has 1 rings (SSSR count). The third-order valence-corrected chi connectivity index (χ3v) is 1.88. The summed E-state index contributed by atoms with van der Waals surface area (Å²) in [6.45, 7) is 3.12. The molecule has 0 aliphatic rings. The molecular weight excluding hydrogens is 252 g/mol. The molecule has 1 aromatic rings. The Balaban J connectivity index is 0.000000555. The molecule has 5 heteroatoms. The molecule has 19 heavy (non-hydrogen) atoms. The Morgan fingerprint density at radius 3 is 2.53 bits per heavy atom. The third-order valence-electron chi connectivity index (χ3n) is 1.88. The Morgan fingerprint density at radius 1 is 1.37 bits per heavy atom. The van der Waals surface area contributed by atoms with Crippen molar-refractivity contribution in [2.45, 2.75) is 13.0 Å². The fourth-order valence-corrected chi connectivity index (χ4v) is 1.10. The molecule has 0 bridgehead atoms. The van der Waals surface area contributed by atoms with Crippen molar-refractivity contribution in [2.24, 2.45) is 4.99 Å². The maximum atomic E-state index is 11.0. The highest BCUT2D eigenvalue weighted by atomic mass is 19.1. The van der Waals surface area contributed by atoms with Crippen LogP contribution in [0.5, 0.6) is 0 Å². The largest absolute Gasteiger partial charge is 0.369 e. The van der Waals surface area contributed by atoms with Gasteiger partial charge >= 0.3 is 0 Å². The van der Waals surface area contributed by atoms with Gasteiger partial charge in [0, 0.05) is 6.42 Å². The summed E-state index contributed by atoms with van der Waals surface area (Å²) in [7, 11) is 0. The van der Waals surface area contributed by atoms with Gasteiger partial charge in [0.25, 0.3) is 0 Å². The number of nitrogens with zero attached hydrogens (tertiary/aromatic N) is 1. The smallest absolute Gasteiger partial charge is 0.182 e. The lowest BCUT2D eigenvalue weighted by molar-refractivity contribution is -0.123. The number of hydrogen-bond donors (Lipinski definition) is 0. The zero-order chi connectivity index (χ0) is 14.3. The zero-order valence-electron chi connectivity index (χ0n) is 10.6. The lowest BCUT2D eigenvalue weighted by Gasteiger charge is -2.02. The molecule has 104 valence electrons. The van der Waals surface area contributed by atoms with E-state index < -0.39 is 6.80 Å². The lowest BCUT2D eigenvalue weighted by Crippen LogP contribution is -2.07. The molecule has 1 aromatic carbocycles. The minimum atomic E-state index is -0.962. The standard InChI is InChI=1S/C12H14O2.C2H3F2N/c1-2-6-12(13)10-14-9-11-7-4-3-5-8-11;3-1-5-2-4/h2-5,7-8H,1,6,9-10H2;1H,2H2/b;5-1+. The molecule has 0 radical (unpaired) electrons. The van der Waals surface area contributed by atoms with Gasteiger partial charge in [-0.05, 0) is 5.56 Å². The number of hydrogen-bond acceptors (Lipinski definition) is 3. The number of ketones is 1. The predicted octanol–water partition coefficient (Wildman–Crippen LogP) is 3.26. The highest BCUT2D eigenvalue weighted by Crippen LogP contribution is 2.00. The number of rotatable bonds is 7. The number of allylic oxidation sites excluding steroid dienone is 1. The van der Waals surface area contributed by atoms with Gasteiger partial charge in [0.05, 0.1) is 6.61 Å². The summed E-state index contributed by atoms with van der Waals surface area (Å²) in [4.78, 5) is 13.6. The summed E-state index contributed by atoms with van der Waals surface area (Å²) >= 11 is 0. The van der Waals surface area contributed by atoms with Crippen LogP contribution >= 0.6 is 0 Å². The number of alkyl halides is 1. The quantitative estimate of drug-likeness (QED) is 0.433. The number of carbonyl (C=O) groups excluding carboxylic acids is 1. The molecule has 0 atom stereocenters. The van der Waals surface area contributed by atoms with Crippen LogP contribution in [-0.4, -0.2) is 25.7 Å². The Labute approximate surface area is 111 Å². The first-order valence-corrected chi connectivity index (χ1v) is 5.63.